The number of nitrogen functional groups attached to an aromatic ring is 1. The van der Waals surface area contributed by atoms with Crippen LogP contribution in [0.5, 0.6) is 0 Å². The Morgan fingerprint density at radius 3 is 2.65 bits per heavy atom. The molecule has 20 heavy (non-hydrogen) atoms. The molecule has 1 heterocycles. The maximum absolute atomic E-state index is 13.4. The lowest BCUT2D eigenvalue weighted by Crippen LogP contribution is -1.89. The second-order valence-corrected chi connectivity index (χ2v) is 4.67. The summed E-state index contributed by atoms with van der Waals surface area (Å²) in [5.74, 6) is 0.259. The topological polar surface area (TPSA) is 52.0 Å². The third-order valence-corrected chi connectivity index (χ3v) is 3.28. The van der Waals surface area contributed by atoms with Gasteiger partial charge in [-0.15, -0.1) is 0 Å². The van der Waals surface area contributed by atoms with Crippen LogP contribution in [-0.2, 0) is 0 Å². The van der Waals surface area contributed by atoms with Gasteiger partial charge in [-0.25, -0.2) is 4.39 Å². The molecule has 100 valence electrons. The van der Waals surface area contributed by atoms with Crippen molar-refractivity contribution in [3.63, 3.8) is 0 Å². The van der Waals surface area contributed by atoms with Gasteiger partial charge in [-0.05, 0) is 18.2 Å². The molecule has 3 nitrogen and oxygen atoms in total. The Kier molecular flexibility index (Phi) is 3.16. The van der Waals surface area contributed by atoms with E-state index < -0.39 is 0 Å². The van der Waals surface area contributed by atoms with Crippen molar-refractivity contribution in [3.05, 3.63) is 59.4 Å². The van der Waals surface area contributed by atoms with Gasteiger partial charge in [-0.1, -0.05) is 47.1 Å². The molecule has 0 aliphatic rings. The highest BCUT2D eigenvalue weighted by atomic mass is 35.5. The smallest absolute Gasteiger partial charge is 0.177 e. The SMILES string of the molecule is Nc1noc(-c2cccc(F)c2)c1-c1ccccc1Cl. The van der Waals surface area contributed by atoms with E-state index in [1.165, 1.54) is 12.1 Å². The number of rotatable bonds is 2. The van der Waals surface area contributed by atoms with Crippen LogP contribution in [0.1, 0.15) is 0 Å². The molecule has 0 fully saturated rings. The predicted molar refractivity (Wildman–Crippen MR) is 76.8 cm³/mol. The van der Waals surface area contributed by atoms with E-state index in [9.17, 15) is 4.39 Å². The molecular weight excluding hydrogens is 279 g/mol. The predicted octanol–water partition coefficient (Wildman–Crippen LogP) is 4.38. The zero-order chi connectivity index (χ0) is 14.1. The van der Waals surface area contributed by atoms with E-state index in [2.05, 4.69) is 5.16 Å². The van der Waals surface area contributed by atoms with E-state index in [1.54, 1.807) is 18.2 Å². The van der Waals surface area contributed by atoms with Crippen LogP contribution in [0.2, 0.25) is 5.02 Å². The zero-order valence-corrected chi connectivity index (χ0v) is 11.1. The summed E-state index contributed by atoms with van der Waals surface area (Å²) in [7, 11) is 0. The molecule has 0 spiro atoms. The van der Waals surface area contributed by atoms with Gasteiger partial charge >= 0.3 is 0 Å². The van der Waals surface area contributed by atoms with Gasteiger partial charge in [0.15, 0.2) is 11.6 Å². The van der Waals surface area contributed by atoms with Crippen LogP contribution < -0.4 is 5.73 Å². The summed E-state index contributed by atoms with van der Waals surface area (Å²) in [5, 5.41) is 4.29. The number of halogens is 2. The molecule has 3 rings (SSSR count). The van der Waals surface area contributed by atoms with Gasteiger partial charge < -0.3 is 10.3 Å². The second-order valence-electron chi connectivity index (χ2n) is 4.26. The van der Waals surface area contributed by atoms with E-state index in [1.807, 2.05) is 18.2 Å². The van der Waals surface area contributed by atoms with E-state index in [0.29, 0.717) is 27.5 Å². The minimum Gasteiger partial charge on any atom is -0.380 e. The van der Waals surface area contributed by atoms with Crippen LogP contribution in [0.4, 0.5) is 10.2 Å². The molecule has 2 aromatic carbocycles. The van der Waals surface area contributed by atoms with E-state index >= 15 is 0 Å². The Morgan fingerprint density at radius 2 is 1.90 bits per heavy atom. The van der Waals surface area contributed by atoms with Gasteiger partial charge in [0.25, 0.3) is 0 Å². The lowest BCUT2D eigenvalue weighted by Gasteiger charge is -2.05. The molecule has 0 aliphatic carbocycles. The minimum absolute atomic E-state index is 0.220. The van der Waals surface area contributed by atoms with Crippen molar-refractivity contribution in [2.45, 2.75) is 0 Å². The average Bonchev–Trinajstić information content (AvgIpc) is 2.81. The molecule has 0 saturated heterocycles. The maximum atomic E-state index is 13.4. The molecule has 0 amide bonds. The molecule has 0 radical (unpaired) electrons. The van der Waals surface area contributed by atoms with Crippen molar-refractivity contribution in [1.29, 1.82) is 0 Å². The fourth-order valence-electron chi connectivity index (χ4n) is 2.05. The van der Waals surface area contributed by atoms with Gasteiger partial charge in [-0.3, -0.25) is 0 Å². The normalized spacial score (nSPS) is 10.7. The molecule has 3 aromatic rings. The number of hydrogen-bond donors (Lipinski definition) is 1. The van der Waals surface area contributed by atoms with Crippen molar-refractivity contribution < 1.29 is 8.91 Å². The molecule has 5 heteroatoms. The monoisotopic (exact) mass is 288 g/mol. The van der Waals surface area contributed by atoms with Crippen LogP contribution in [0, 0.1) is 5.82 Å². The van der Waals surface area contributed by atoms with Crippen molar-refractivity contribution in [2.75, 3.05) is 5.73 Å². The number of benzene rings is 2. The van der Waals surface area contributed by atoms with Crippen molar-refractivity contribution >= 4 is 17.4 Å². The Bertz CT molecular complexity index is 770. The first-order chi connectivity index (χ1) is 9.66. The average molecular weight is 289 g/mol. The number of anilines is 1. The fraction of sp³-hybridized carbons (Fsp3) is 0. The summed E-state index contributed by atoms with van der Waals surface area (Å²) in [6.07, 6.45) is 0. The molecule has 0 aliphatic heterocycles. The highest BCUT2D eigenvalue weighted by Gasteiger charge is 2.19. The molecule has 2 N–H and O–H groups in total. The molecule has 0 bridgehead atoms. The van der Waals surface area contributed by atoms with Crippen LogP contribution in [0.25, 0.3) is 22.5 Å². The standard InChI is InChI=1S/C15H10ClFN2O/c16-12-7-2-1-6-11(12)13-14(20-19-15(13)18)9-4-3-5-10(17)8-9/h1-8H,(H2,18,19). The third-order valence-electron chi connectivity index (χ3n) is 2.95. The molecule has 0 saturated carbocycles. The quantitative estimate of drug-likeness (QED) is 0.761. The summed E-state index contributed by atoms with van der Waals surface area (Å²) < 4.78 is 18.6. The summed E-state index contributed by atoms with van der Waals surface area (Å²) in [6, 6.07) is 13.3. The fourth-order valence-corrected chi connectivity index (χ4v) is 2.28. The second kappa shape index (κ2) is 4.98. The summed E-state index contributed by atoms with van der Waals surface area (Å²) >= 11 is 6.18. The lowest BCUT2D eigenvalue weighted by molar-refractivity contribution is 0.436. The Balaban J connectivity index is 2.23. The zero-order valence-electron chi connectivity index (χ0n) is 10.3. The van der Waals surface area contributed by atoms with Crippen LogP contribution in [-0.4, -0.2) is 5.16 Å². The van der Waals surface area contributed by atoms with Crippen LogP contribution >= 0.6 is 11.6 Å². The number of nitrogens with two attached hydrogens (primary N) is 1. The van der Waals surface area contributed by atoms with E-state index in [-0.39, 0.29) is 11.6 Å². The van der Waals surface area contributed by atoms with Gasteiger partial charge in [-0.2, -0.15) is 0 Å². The summed E-state index contributed by atoms with van der Waals surface area (Å²) in [6.45, 7) is 0. The highest BCUT2D eigenvalue weighted by Crippen LogP contribution is 2.39. The lowest BCUT2D eigenvalue weighted by atomic mass is 10.0. The van der Waals surface area contributed by atoms with Gasteiger partial charge in [0.1, 0.15) is 5.82 Å². The van der Waals surface area contributed by atoms with Crippen LogP contribution in [0.15, 0.2) is 53.1 Å². The van der Waals surface area contributed by atoms with Gasteiger partial charge in [0.2, 0.25) is 0 Å². The number of aromatic nitrogens is 1. The Morgan fingerprint density at radius 1 is 1.10 bits per heavy atom. The summed E-state index contributed by atoms with van der Waals surface area (Å²) in [5.41, 5.74) is 7.69. The summed E-state index contributed by atoms with van der Waals surface area (Å²) in [4.78, 5) is 0. The van der Waals surface area contributed by atoms with Crippen molar-refractivity contribution in [1.82, 2.24) is 5.16 Å². The maximum Gasteiger partial charge on any atom is 0.177 e. The highest BCUT2D eigenvalue weighted by molar-refractivity contribution is 6.33. The van der Waals surface area contributed by atoms with E-state index in [4.69, 9.17) is 21.9 Å². The Labute approximate surface area is 119 Å². The number of nitrogens with zero attached hydrogens (tertiary/aromatic N) is 1. The molecule has 1 aromatic heterocycles. The minimum atomic E-state index is -0.359. The first kappa shape index (κ1) is 12.7. The first-order valence-corrected chi connectivity index (χ1v) is 6.30. The first-order valence-electron chi connectivity index (χ1n) is 5.93. The molecule has 0 unspecified atom stereocenters. The van der Waals surface area contributed by atoms with E-state index in [0.717, 1.165) is 0 Å². The van der Waals surface area contributed by atoms with Crippen molar-refractivity contribution in [2.24, 2.45) is 0 Å². The van der Waals surface area contributed by atoms with Crippen LogP contribution in [0.3, 0.4) is 0 Å². The molecular formula is C15H10ClFN2O. The van der Waals surface area contributed by atoms with Gasteiger partial charge in [0.05, 0.1) is 5.56 Å². The Hall–Kier alpha value is -2.33. The van der Waals surface area contributed by atoms with Gasteiger partial charge in [0, 0.05) is 16.1 Å². The third kappa shape index (κ3) is 2.14. The van der Waals surface area contributed by atoms with Crippen molar-refractivity contribution in [3.8, 4) is 22.5 Å². The largest absolute Gasteiger partial charge is 0.380 e. The molecule has 0 atom stereocenters. The number of hydrogen-bond acceptors (Lipinski definition) is 3.